The Kier molecular flexibility index (Phi) is 28.1. The molecule has 1 N–H and O–H groups in total. The second kappa shape index (κ2) is 30.7. The van der Waals surface area contributed by atoms with Gasteiger partial charge in [-0.3, -0.25) is 0 Å². The number of para-hydroxylation sites is 1. The van der Waals surface area contributed by atoms with Crippen LogP contribution in [0, 0.1) is 0 Å². The molecular weight excluding hydrogens is 516 g/mol. The Morgan fingerprint density at radius 2 is 0.875 bits per heavy atom. The summed E-state index contributed by atoms with van der Waals surface area (Å²) in [6, 6.07) is 8.34. The van der Waals surface area contributed by atoms with Crippen molar-refractivity contribution in [2.45, 2.75) is 58.3 Å². The first-order valence-corrected chi connectivity index (χ1v) is 15.2. The number of aliphatic hydroxyl groups excluding tert-OH is 1. The molecule has 0 amide bonds. The van der Waals surface area contributed by atoms with Gasteiger partial charge in [-0.2, -0.15) is 0 Å². The number of aryl methyl sites for hydroxylation is 1. The molecule has 0 spiro atoms. The standard InChI is InChI=1S/C31H56O9/c1-2-3-4-5-6-7-8-11-30-12-9-10-13-31(30)40-29-28-39-27-26-38-25-24-37-23-22-36-21-20-35-19-18-34-17-16-33-15-14-32/h9-10,12-13,32H,2-8,11,14-29H2,1H3. The predicted octanol–water partition coefficient (Wildman–Crippen LogP) is 4.47. The van der Waals surface area contributed by atoms with Crippen LogP contribution in [0.3, 0.4) is 0 Å². The summed E-state index contributed by atoms with van der Waals surface area (Å²) in [6.45, 7) is 9.92. The van der Waals surface area contributed by atoms with Gasteiger partial charge < -0.3 is 43.0 Å². The van der Waals surface area contributed by atoms with Crippen LogP contribution in [-0.2, 0) is 39.6 Å². The van der Waals surface area contributed by atoms with E-state index in [1.54, 1.807) is 0 Å². The van der Waals surface area contributed by atoms with Crippen molar-refractivity contribution in [2.75, 3.05) is 106 Å². The normalized spacial score (nSPS) is 11.3. The minimum atomic E-state index is 0.0319. The highest BCUT2D eigenvalue weighted by Gasteiger charge is 2.03. The maximum absolute atomic E-state index is 8.58. The Bertz CT molecular complexity index is 633. The molecule has 1 aromatic rings. The highest BCUT2D eigenvalue weighted by Crippen LogP contribution is 2.21. The van der Waals surface area contributed by atoms with Gasteiger partial charge in [0.1, 0.15) is 12.4 Å². The molecule has 0 aliphatic rings. The number of rotatable bonds is 32. The molecule has 0 radical (unpaired) electrons. The Hall–Kier alpha value is -1.30. The summed E-state index contributed by atoms with van der Waals surface area (Å²) in [4.78, 5) is 0. The zero-order valence-corrected chi connectivity index (χ0v) is 25.0. The maximum Gasteiger partial charge on any atom is 0.122 e. The van der Waals surface area contributed by atoms with E-state index >= 15 is 0 Å². The monoisotopic (exact) mass is 572 g/mol. The van der Waals surface area contributed by atoms with Crippen molar-refractivity contribution >= 4 is 0 Å². The number of aliphatic hydroxyl groups is 1. The molecule has 0 heterocycles. The highest BCUT2D eigenvalue weighted by atomic mass is 16.6. The lowest BCUT2D eigenvalue weighted by molar-refractivity contribution is -0.0221. The van der Waals surface area contributed by atoms with Crippen LogP contribution >= 0.6 is 0 Å². The van der Waals surface area contributed by atoms with E-state index in [9.17, 15) is 0 Å². The summed E-state index contributed by atoms with van der Waals surface area (Å²) in [5.74, 6) is 0.976. The van der Waals surface area contributed by atoms with Gasteiger partial charge >= 0.3 is 0 Å². The second-order valence-corrected chi connectivity index (χ2v) is 9.34. The number of unbranched alkanes of at least 4 members (excludes halogenated alkanes) is 6. The first-order chi connectivity index (χ1) is 19.9. The fraction of sp³-hybridized carbons (Fsp3) is 0.806. The number of benzene rings is 1. The number of hydrogen-bond acceptors (Lipinski definition) is 9. The fourth-order valence-corrected chi connectivity index (χ4v) is 3.82. The quantitative estimate of drug-likeness (QED) is 0.126. The average molecular weight is 573 g/mol. The third-order valence-corrected chi connectivity index (χ3v) is 5.98. The highest BCUT2D eigenvalue weighted by molar-refractivity contribution is 5.33. The van der Waals surface area contributed by atoms with Gasteiger partial charge in [0.05, 0.1) is 99.1 Å². The summed E-state index contributed by atoms with van der Waals surface area (Å²) in [7, 11) is 0. The summed E-state index contributed by atoms with van der Waals surface area (Å²) < 4.78 is 43.9. The van der Waals surface area contributed by atoms with Crippen molar-refractivity contribution in [3.05, 3.63) is 29.8 Å². The lowest BCUT2D eigenvalue weighted by Crippen LogP contribution is -2.15. The lowest BCUT2D eigenvalue weighted by Gasteiger charge is -2.12. The van der Waals surface area contributed by atoms with Crippen LogP contribution in [0.15, 0.2) is 24.3 Å². The van der Waals surface area contributed by atoms with Gasteiger partial charge in [-0.15, -0.1) is 0 Å². The molecule has 0 fully saturated rings. The number of ether oxygens (including phenoxy) is 8. The van der Waals surface area contributed by atoms with Gasteiger partial charge in [0.15, 0.2) is 0 Å². The van der Waals surface area contributed by atoms with Gasteiger partial charge in [0.25, 0.3) is 0 Å². The van der Waals surface area contributed by atoms with E-state index in [0.717, 1.165) is 12.2 Å². The largest absolute Gasteiger partial charge is 0.491 e. The van der Waals surface area contributed by atoms with Gasteiger partial charge in [-0.1, -0.05) is 63.6 Å². The third kappa shape index (κ3) is 24.5. The van der Waals surface area contributed by atoms with Crippen molar-refractivity contribution in [1.29, 1.82) is 0 Å². The Morgan fingerprint density at radius 1 is 0.475 bits per heavy atom. The first-order valence-electron chi connectivity index (χ1n) is 15.2. The van der Waals surface area contributed by atoms with Crippen molar-refractivity contribution in [3.63, 3.8) is 0 Å². The van der Waals surface area contributed by atoms with Gasteiger partial charge in [-0.05, 0) is 24.5 Å². The molecule has 0 bridgehead atoms. The first kappa shape index (κ1) is 36.7. The van der Waals surface area contributed by atoms with Crippen molar-refractivity contribution in [2.24, 2.45) is 0 Å². The van der Waals surface area contributed by atoms with Gasteiger partial charge in [-0.25, -0.2) is 0 Å². The Balaban J connectivity index is 1.81. The summed E-state index contributed by atoms with van der Waals surface area (Å²) >= 11 is 0. The number of hydrogen-bond donors (Lipinski definition) is 1. The van der Waals surface area contributed by atoms with Crippen molar-refractivity contribution in [3.8, 4) is 5.75 Å². The van der Waals surface area contributed by atoms with E-state index in [0.29, 0.717) is 99.1 Å². The summed E-state index contributed by atoms with van der Waals surface area (Å²) in [6.07, 6.45) is 10.3. The minimum Gasteiger partial charge on any atom is -0.491 e. The molecule has 9 heteroatoms. The van der Waals surface area contributed by atoms with Crippen molar-refractivity contribution < 1.29 is 43.0 Å². The smallest absolute Gasteiger partial charge is 0.122 e. The molecular formula is C31H56O9. The molecule has 40 heavy (non-hydrogen) atoms. The zero-order chi connectivity index (χ0) is 28.6. The summed E-state index contributed by atoms with van der Waals surface area (Å²) in [5.41, 5.74) is 1.29. The molecule has 0 saturated carbocycles. The zero-order valence-electron chi connectivity index (χ0n) is 25.0. The SMILES string of the molecule is CCCCCCCCCc1ccccc1OCCOCCOCCOCCOCCOCCOCCOCCO. The molecule has 0 saturated heterocycles. The molecule has 0 atom stereocenters. The van der Waals surface area contributed by atoms with Crippen molar-refractivity contribution in [1.82, 2.24) is 0 Å². The van der Waals surface area contributed by atoms with Crippen LogP contribution in [0.25, 0.3) is 0 Å². The van der Waals surface area contributed by atoms with Gasteiger partial charge in [0, 0.05) is 0 Å². The van der Waals surface area contributed by atoms with Crippen LogP contribution in [0.4, 0.5) is 0 Å². The predicted molar refractivity (Wildman–Crippen MR) is 156 cm³/mol. The van der Waals surface area contributed by atoms with E-state index in [2.05, 4.69) is 25.1 Å². The van der Waals surface area contributed by atoms with E-state index in [1.165, 1.54) is 50.5 Å². The third-order valence-electron chi connectivity index (χ3n) is 5.98. The van der Waals surface area contributed by atoms with Crippen LogP contribution in [0.1, 0.15) is 57.4 Å². The van der Waals surface area contributed by atoms with E-state index < -0.39 is 0 Å². The minimum absolute atomic E-state index is 0.0319. The van der Waals surface area contributed by atoms with E-state index in [1.807, 2.05) is 6.07 Å². The van der Waals surface area contributed by atoms with E-state index in [-0.39, 0.29) is 6.61 Å². The molecule has 1 aromatic carbocycles. The maximum atomic E-state index is 8.58. The molecule has 0 aliphatic carbocycles. The van der Waals surface area contributed by atoms with Crippen LogP contribution in [0.5, 0.6) is 5.75 Å². The molecule has 0 unspecified atom stereocenters. The molecule has 0 aromatic heterocycles. The summed E-state index contributed by atoms with van der Waals surface area (Å²) in [5, 5.41) is 8.58. The molecule has 9 nitrogen and oxygen atoms in total. The average Bonchev–Trinajstić information content (AvgIpc) is 2.97. The molecule has 234 valence electrons. The van der Waals surface area contributed by atoms with Crippen LogP contribution in [-0.4, -0.2) is 111 Å². The second-order valence-electron chi connectivity index (χ2n) is 9.34. The molecule has 1 rings (SSSR count). The van der Waals surface area contributed by atoms with Crippen LogP contribution < -0.4 is 4.74 Å². The van der Waals surface area contributed by atoms with E-state index in [4.69, 9.17) is 43.0 Å². The Morgan fingerprint density at radius 3 is 1.35 bits per heavy atom. The Labute approximate surface area is 242 Å². The molecule has 0 aliphatic heterocycles. The topological polar surface area (TPSA) is 94.1 Å². The lowest BCUT2D eigenvalue weighted by atomic mass is 10.0. The fourth-order valence-electron chi connectivity index (χ4n) is 3.82. The van der Waals surface area contributed by atoms with Crippen LogP contribution in [0.2, 0.25) is 0 Å². The van der Waals surface area contributed by atoms with Gasteiger partial charge in [0.2, 0.25) is 0 Å².